The zero-order valence-corrected chi connectivity index (χ0v) is 16.8. The highest BCUT2D eigenvalue weighted by Crippen LogP contribution is 2.17. The molecule has 0 radical (unpaired) electrons. The van der Waals surface area contributed by atoms with Crippen LogP contribution in [0.2, 0.25) is 0 Å². The molecule has 0 heterocycles. The van der Waals surface area contributed by atoms with E-state index in [0.717, 1.165) is 6.54 Å². The van der Waals surface area contributed by atoms with Crippen LogP contribution in [-0.2, 0) is 9.84 Å². The van der Waals surface area contributed by atoms with Gasteiger partial charge in [-0.05, 0) is 39.9 Å². The van der Waals surface area contributed by atoms with Crippen LogP contribution < -0.4 is 10.6 Å². The van der Waals surface area contributed by atoms with Gasteiger partial charge in [0.25, 0.3) is 0 Å². The van der Waals surface area contributed by atoms with Crippen LogP contribution in [0.5, 0.6) is 0 Å². The van der Waals surface area contributed by atoms with Crippen molar-refractivity contribution in [1.82, 2.24) is 15.5 Å². The predicted octanol–water partition coefficient (Wildman–Crippen LogP) is 1.67. The van der Waals surface area contributed by atoms with Gasteiger partial charge in [-0.15, -0.1) is 0 Å². The van der Waals surface area contributed by atoms with E-state index >= 15 is 0 Å². The maximum absolute atomic E-state index is 11.3. The summed E-state index contributed by atoms with van der Waals surface area (Å²) in [6, 6.07) is 10.5. The highest BCUT2D eigenvalue weighted by Gasteiger charge is 2.14. The van der Waals surface area contributed by atoms with Gasteiger partial charge in [-0.25, -0.2) is 8.42 Å². The van der Waals surface area contributed by atoms with Gasteiger partial charge in [0, 0.05) is 18.8 Å². The third kappa shape index (κ3) is 8.88. The van der Waals surface area contributed by atoms with Crippen LogP contribution in [0.4, 0.5) is 0 Å². The number of aliphatic imine (C=N–C) groups is 1. The van der Waals surface area contributed by atoms with Gasteiger partial charge in [-0.3, -0.25) is 4.99 Å². The second-order valence-electron chi connectivity index (χ2n) is 6.57. The lowest BCUT2D eigenvalue weighted by Gasteiger charge is -2.24. The fraction of sp³-hybridized carbons (Fsp3) is 0.611. The van der Waals surface area contributed by atoms with Crippen molar-refractivity contribution in [3.05, 3.63) is 35.9 Å². The number of nitrogens with zero attached hydrogens (tertiary/aromatic N) is 2. The minimum atomic E-state index is -2.95. The molecule has 25 heavy (non-hydrogen) atoms. The Kier molecular flexibility index (Phi) is 8.92. The summed E-state index contributed by atoms with van der Waals surface area (Å²) in [5, 5.41) is 6.52. The Bertz CT molecular complexity index is 630. The van der Waals surface area contributed by atoms with E-state index in [9.17, 15) is 8.42 Å². The molecule has 0 aliphatic carbocycles. The molecule has 7 heteroatoms. The minimum absolute atomic E-state index is 0.0297. The minimum Gasteiger partial charge on any atom is -0.357 e. The third-order valence-corrected chi connectivity index (χ3v) is 4.86. The molecular weight excluding hydrogens is 336 g/mol. The first-order valence-electron chi connectivity index (χ1n) is 8.67. The van der Waals surface area contributed by atoms with Crippen molar-refractivity contribution in [2.24, 2.45) is 4.99 Å². The molecule has 0 bridgehead atoms. The number of hydrogen-bond donors (Lipinski definition) is 2. The Hall–Kier alpha value is -1.60. The van der Waals surface area contributed by atoms with Gasteiger partial charge in [0.1, 0.15) is 9.84 Å². The maximum atomic E-state index is 11.3. The van der Waals surface area contributed by atoms with Crippen LogP contribution in [-0.4, -0.2) is 64.5 Å². The molecule has 1 rings (SSSR count). The van der Waals surface area contributed by atoms with E-state index in [-0.39, 0.29) is 17.8 Å². The molecule has 0 aliphatic rings. The summed E-state index contributed by atoms with van der Waals surface area (Å²) in [6.07, 6.45) is 1.82. The Balaban J connectivity index is 2.75. The van der Waals surface area contributed by atoms with Crippen molar-refractivity contribution in [3.8, 4) is 0 Å². The van der Waals surface area contributed by atoms with Gasteiger partial charge in [0.05, 0.1) is 18.3 Å². The summed E-state index contributed by atoms with van der Waals surface area (Å²) in [7, 11) is 1.14. The van der Waals surface area contributed by atoms with E-state index in [2.05, 4.69) is 27.7 Å². The van der Waals surface area contributed by atoms with Gasteiger partial charge < -0.3 is 15.5 Å². The first-order valence-corrected chi connectivity index (χ1v) is 10.7. The van der Waals surface area contributed by atoms with Crippen LogP contribution in [0.1, 0.15) is 31.9 Å². The fourth-order valence-electron chi connectivity index (χ4n) is 2.44. The molecule has 0 aromatic heterocycles. The quantitative estimate of drug-likeness (QED) is 0.512. The van der Waals surface area contributed by atoms with Gasteiger partial charge in [0.15, 0.2) is 5.96 Å². The zero-order valence-electron chi connectivity index (χ0n) is 16.0. The van der Waals surface area contributed by atoms with E-state index in [0.29, 0.717) is 18.9 Å². The molecule has 1 aromatic carbocycles. The van der Waals surface area contributed by atoms with Crippen molar-refractivity contribution in [2.45, 2.75) is 32.4 Å². The molecule has 1 aromatic rings. The first-order chi connectivity index (χ1) is 11.7. The van der Waals surface area contributed by atoms with E-state index in [4.69, 9.17) is 4.99 Å². The summed E-state index contributed by atoms with van der Waals surface area (Å²) in [5.74, 6) is 0.886. The molecule has 0 spiro atoms. The largest absolute Gasteiger partial charge is 0.357 e. The van der Waals surface area contributed by atoms with E-state index < -0.39 is 9.84 Å². The highest BCUT2D eigenvalue weighted by atomic mass is 32.2. The number of sulfone groups is 1. The molecule has 2 N–H and O–H groups in total. The molecule has 0 saturated carbocycles. The Morgan fingerprint density at radius 2 is 1.88 bits per heavy atom. The lowest BCUT2D eigenvalue weighted by Crippen LogP contribution is -2.43. The summed E-state index contributed by atoms with van der Waals surface area (Å²) < 4.78 is 22.6. The van der Waals surface area contributed by atoms with E-state index in [1.165, 1.54) is 11.8 Å². The van der Waals surface area contributed by atoms with Crippen molar-refractivity contribution < 1.29 is 8.42 Å². The van der Waals surface area contributed by atoms with Crippen molar-refractivity contribution in [2.75, 3.05) is 39.2 Å². The topological polar surface area (TPSA) is 73.8 Å². The number of benzene rings is 1. The average molecular weight is 369 g/mol. The SMILES string of the molecule is CCNC(=NCC(c1ccccc1)N(C)C)NC(C)CCS(C)(=O)=O. The van der Waals surface area contributed by atoms with E-state index in [1.807, 2.05) is 46.1 Å². The number of nitrogens with one attached hydrogen (secondary N) is 2. The normalized spacial score (nSPS) is 15.0. The molecule has 0 saturated heterocycles. The van der Waals surface area contributed by atoms with Crippen LogP contribution in [0.15, 0.2) is 35.3 Å². The highest BCUT2D eigenvalue weighted by molar-refractivity contribution is 7.90. The maximum Gasteiger partial charge on any atom is 0.191 e. The summed E-state index contributed by atoms with van der Waals surface area (Å²) in [4.78, 5) is 6.85. The summed E-state index contributed by atoms with van der Waals surface area (Å²) in [5.41, 5.74) is 1.22. The molecule has 2 unspecified atom stereocenters. The first kappa shape index (κ1) is 21.4. The lowest BCUT2D eigenvalue weighted by atomic mass is 10.1. The zero-order chi connectivity index (χ0) is 18.9. The molecular formula is C18H32N4O2S. The Morgan fingerprint density at radius 3 is 2.40 bits per heavy atom. The summed E-state index contributed by atoms with van der Waals surface area (Å²) in [6.45, 7) is 5.35. The molecule has 142 valence electrons. The smallest absolute Gasteiger partial charge is 0.191 e. The number of hydrogen-bond acceptors (Lipinski definition) is 4. The van der Waals surface area contributed by atoms with Crippen molar-refractivity contribution in [1.29, 1.82) is 0 Å². The van der Waals surface area contributed by atoms with Crippen LogP contribution >= 0.6 is 0 Å². The summed E-state index contributed by atoms with van der Waals surface area (Å²) >= 11 is 0. The lowest BCUT2D eigenvalue weighted by molar-refractivity contribution is 0.306. The Labute approximate surface area is 152 Å². The van der Waals surface area contributed by atoms with Crippen molar-refractivity contribution in [3.63, 3.8) is 0 Å². The fourth-order valence-corrected chi connectivity index (χ4v) is 3.22. The van der Waals surface area contributed by atoms with Gasteiger partial charge in [-0.2, -0.15) is 0 Å². The third-order valence-electron chi connectivity index (χ3n) is 3.88. The van der Waals surface area contributed by atoms with E-state index in [1.54, 1.807) is 0 Å². The number of guanidine groups is 1. The Morgan fingerprint density at radius 1 is 1.24 bits per heavy atom. The van der Waals surface area contributed by atoms with Gasteiger partial charge in [0.2, 0.25) is 0 Å². The molecule has 0 amide bonds. The van der Waals surface area contributed by atoms with Crippen LogP contribution in [0.3, 0.4) is 0 Å². The van der Waals surface area contributed by atoms with Crippen molar-refractivity contribution >= 4 is 15.8 Å². The molecule has 0 fully saturated rings. The molecule has 2 atom stereocenters. The molecule has 0 aliphatic heterocycles. The predicted molar refractivity (Wildman–Crippen MR) is 106 cm³/mol. The van der Waals surface area contributed by atoms with Crippen LogP contribution in [0.25, 0.3) is 0 Å². The number of rotatable bonds is 9. The van der Waals surface area contributed by atoms with Gasteiger partial charge >= 0.3 is 0 Å². The van der Waals surface area contributed by atoms with Crippen LogP contribution in [0, 0.1) is 0 Å². The number of likely N-dealkylation sites (N-methyl/N-ethyl adjacent to an activating group) is 1. The van der Waals surface area contributed by atoms with Gasteiger partial charge in [-0.1, -0.05) is 30.3 Å². The monoisotopic (exact) mass is 368 g/mol. The second-order valence-corrected chi connectivity index (χ2v) is 8.83. The molecule has 6 nitrogen and oxygen atoms in total. The second kappa shape index (κ2) is 10.4. The standard InChI is InChI=1S/C18H32N4O2S/c1-6-19-18(21-15(2)12-13-25(5,23)24)20-14-17(22(3)4)16-10-8-7-9-11-16/h7-11,15,17H,6,12-14H2,1-5H3,(H2,19,20,21). The average Bonchev–Trinajstić information content (AvgIpc) is 2.53.